The first kappa shape index (κ1) is 13.4. The lowest BCUT2D eigenvalue weighted by molar-refractivity contribution is -0.137. The van der Waals surface area contributed by atoms with Gasteiger partial charge in [0.25, 0.3) is 0 Å². The molecule has 0 saturated carbocycles. The van der Waals surface area contributed by atoms with Crippen molar-refractivity contribution in [3.8, 4) is 0 Å². The topological polar surface area (TPSA) is 40.5 Å². The molecule has 0 rings (SSSR count). The lowest BCUT2D eigenvalue weighted by Crippen LogP contribution is -2.26. The van der Waals surface area contributed by atoms with E-state index >= 15 is 0 Å². The highest BCUT2D eigenvalue weighted by molar-refractivity contribution is 5.66. The van der Waals surface area contributed by atoms with Crippen LogP contribution in [0.3, 0.4) is 0 Å². The Labute approximate surface area is 87.1 Å². The van der Waals surface area contributed by atoms with Crippen LogP contribution in [0.5, 0.6) is 0 Å². The van der Waals surface area contributed by atoms with Crippen LogP contribution in [0.4, 0.5) is 0 Å². The molecule has 3 nitrogen and oxygen atoms in total. The number of hydrogen-bond donors (Lipinski definition) is 1. The first-order valence-corrected chi connectivity index (χ1v) is 5.50. The Hall–Kier alpha value is -0.570. The summed E-state index contributed by atoms with van der Waals surface area (Å²) in [5.74, 6) is 0.0609. The zero-order valence-corrected chi connectivity index (χ0v) is 9.62. The molecular formula is C11H23NO2. The van der Waals surface area contributed by atoms with Gasteiger partial charge in [0, 0.05) is 13.0 Å². The first-order chi connectivity index (χ1) is 6.60. The van der Waals surface area contributed by atoms with Gasteiger partial charge in [-0.2, -0.15) is 0 Å². The van der Waals surface area contributed by atoms with Gasteiger partial charge in [0.15, 0.2) is 0 Å². The molecule has 0 bridgehead atoms. The number of hydrogen-bond acceptors (Lipinski definition) is 2. The molecule has 0 saturated heterocycles. The summed E-state index contributed by atoms with van der Waals surface area (Å²) >= 11 is 0. The van der Waals surface area contributed by atoms with E-state index in [1.54, 1.807) is 0 Å². The quantitative estimate of drug-likeness (QED) is 0.654. The largest absolute Gasteiger partial charge is 0.481 e. The third-order valence-corrected chi connectivity index (χ3v) is 2.66. The molecule has 0 spiro atoms. The van der Waals surface area contributed by atoms with Gasteiger partial charge in [-0.1, -0.05) is 26.7 Å². The van der Waals surface area contributed by atoms with Gasteiger partial charge in [-0.15, -0.1) is 0 Å². The standard InChI is InChI=1S/C11H23NO2/c1-4-10(5-2)9-12(3)8-6-7-11(13)14/h10H,4-9H2,1-3H3,(H,13,14). The number of rotatable bonds is 8. The fourth-order valence-corrected chi connectivity index (χ4v) is 1.58. The Morgan fingerprint density at radius 1 is 1.36 bits per heavy atom. The highest BCUT2D eigenvalue weighted by atomic mass is 16.4. The van der Waals surface area contributed by atoms with Crippen molar-refractivity contribution in [1.29, 1.82) is 0 Å². The minimum Gasteiger partial charge on any atom is -0.481 e. The van der Waals surface area contributed by atoms with E-state index in [2.05, 4.69) is 25.8 Å². The minimum atomic E-state index is -0.694. The van der Waals surface area contributed by atoms with E-state index in [4.69, 9.17) is 5.11 Å². The van der Waals surface area contributed by atoms with Crippen LogP contribution in [0.1, 0.15) is 39.5 Å². The highest BCUT2D eigenvalue weighted by Gasteiger charge is 2.07. The summed E-state index contributed by atoms with van der Waals surface area (Å²) in [7, 11) is 2.07. The zero-order chi connectivity index (χ0) is 11.0. The molecule has 3 heteroatoms. The van der Waals surface area contributed by atoms with Crippen molar-refractivity contribution < 1.29 is 9.90 Å². The smallest absolute Gasteiger partial charge is 0.303 e. The van der Waals surface area contributed by atoms with E-state index in [-0.39, 0.29) is 6.42 Å². The van der Waals surface area contributed by atoms with Crippen molar-refractivity contribution in [2.75, 3.05) is 20.1 Å². The predicted octanol–water partition coefficient (Wildman–Crippen LogP) is 2.22. The molecule has 0 aromatic heterocycles. The molecule has 0 aliphatic carbocycles. The lowest BCUT2D eigenvalue weighted by atomic mass is 10.0. The highest BCUT2D eigenvalue weighted by Crippen LogP contribution is 2.09. The van der Waals surface area contributed by atoms with Crippen LogP contribution >= 0.6 is 0 Å². The fraction of sp³-hybridized carbons (Fsp3) is 0.909. The number of carbonyl (C=O) groups is 1. The second-order valence-electron chi connectivity index (χ2n) is 3.94. The third-order valence-electron chi connectivity index (χ3n) is 2.66. The predicted molar refractivity (Wildman–Crippen MR) is 58.4 cm³/mol. The number of carboxylic acids is 1. The average Bonchev–Trinajstić information content (AvgIpc) is 2.13. The Morgan fingerprint density at radius 3 is 2.36 bits per heavy atom. The molecule has 0 amide bonds. The molecule has 0 unspecified atom stereocenters. The van der Waals surface area contributed by atoms with Gasteiger partial charge in [-0.25, -0.2) is 0 Å². The van der Waals surface area contributed by atoms with Crippen LogP contribution < -0.4 is 0 Å². The summed E-state index contributed by atoms with van der Waals surface area (Å²) in [5, 5.41) is 8.48. The average molecular weight is 201 g/mol. The molecule has 0 aromatic carbocycles. The molecule has 0 atom stereocenters. The van der Waals surface area contributed by atoms with E-state index in [1.807, 2.05) is 0 Å². The maximum Gasteiger partial charge on any atom is 0.303 e. The molecule has 0 aliphatic heterocycles. The van der Waals surface area contributed by atoms with Crippen LogP contribution in [0.25, 0.3) is 0 Å². The molecule has 1 N–H and O–H groups in total. The van der Waals surface area contributed by atoms with Gasteiger partial charge in [-0.3, -0.25) is 4.79 Å². The van der Waals surface area contributed by atoms with Crippen LogP contribution in [-0.2, 0) is 4.79 Å². The van der Waals surface area contributed by atoms with Gasteiger partial charge in [0.1, 0.15) is 0 Å². The SMILES string of the molecule is CCC(CC)CN(C)CCCC(=O)O. The summed E-state index contributed by atoms with van der Waals surface area (Å²) in [5.41, 5.74) is 0. The third kappa shape index (κ3) is 6.89. The fourth-order valence-electron chi connectivity index (χ4n) is 1.58. The number of carboxylic acid groups (broad SMARTS) is 1. The second kappa shape index (κ2) is 7.80. The molecule has 0 aliphatic rings. The van der Waals surface area contributed by atoms with Crippen molar-refractivity contribution >= 4 is 5.97 Å². The molecular weight excluding hydrogens is 178 g/mol. The molecule has 0 heterocycles. The molecule has 0 fully saturated rings. The summed E-state index contributed by atoms with van der Waals surface area (Å²) in [6.45, 7) is 6.40. The molecule has 14 heavy (non-hydrogen) atoms. The summed E-state index contributed by atoms with van der Waals surface area (Å²) in [6.07, 6.45) is 3.46. The van der Waals surface area contributed by atoms with Gasteiger partial charge >= 0.3 is 5.97 Å². The van der Waals surface area contributed by atoms with Gasteiger partial charge < -0.3 is 10.0 Å². The maximum atomic E-state index is 10.3. The summed E-state index contributed by atoms with van der Waals surface area (Å²) in [6, 6.07) is 0. The van der Waals surface area contributed by atoms with Crippen LogP contribution in [0.15, 0.2) is 0 Å². The van der Waals surface area contributed by atoms with Crippen molar-refractivity contribution in [3.63, 3.8) is 0 Å². The van der Waals surface area contributed by atoms with Gasteiger partial charge in [0.05, 0.1) is 0 Å². The van der Waals surface area contributed by atoms with E-state index in [0.717, 1.165) is 25.4 Å². The van der Waals surface area contributed by atoms with Gasteiger partial charge in [-0.05, 0) is 25.9 Å². The Kier molecular flexibility index (Phi) is 7.48. The number of nitrogens with zero attached hydrogens (tertiary/aromatic N) is 1. The Morgan fingerprint density at radius 2 is 1.93 bits per heavy atom. The van der Waals surface area contributed by atoms with Crippen molar-refractivity contribution in [2.24, 2.45) is 5.92 Å². The molecule has 0 aromatic rings. The zero-order valence-electron chi connectivity index (χ0n) is 9.62. The van der Waals surface area contributed by atoms with Gasteiger partial charge in [0.2, 0.25) is 0 Å². The first-order valence-electron chi connectivity index (χ1n) is 5.50. The molecule has 0 radical (unpaired) electrons. The van der Waals surface area contributed by atoms with Crippen molar-refractivity contribution in [3.05, 3.63) is 0 Å². The lowest BCUT2D eigenvalue weighted by Gasteiger charge is -2.21. The summed E-state index contributed by atoms with van der Waals surface area (Å²) < 4.78 is 0. The van der Waals surface area contributed by atoms with Crippen molar-refractivity contribution in [2.45, 2.75) is 39.5 Å². The normalized spacial score (nSPS) is 11.2. The van der Waals surface area contributed by atoms with E-state index in [9.17, 15) is 4.79 Å². The maximum absolute atomic E-state index is 10.3. The summed E-state index contributed by atoms with van der Waals surface area (Å²) in [4.78, 5) is 12.5. The number of aliphatic carboxylic acids is 1. The van der Waals surface area contributed by atoms with Crippen LogP contribution in [-0.4, -0.2) is 36.1 Å². The molecule has 84 valence electrons. The van der Waals surface area contributed by atoms with E-state index < -0.39 is 5.97 Å². The van der Waals surface area contributed by atoms with Crippen LogP contribution in [0, 0.1) is 5.92 Å². The van der Waals surface area contributed by atoms with E-state index in [1.165, 1.54) is 12.8 Å². The Bertz CT molecular complexity index is 155. The van der Waals surface area contributed by atoms with E-state index in [0.29, 0.717) is 0 Å². The monoisotopic (exact) mass is 201 g/mol. The Balaban J connectivity index is 3.53. The minimum absolute atomic E-state index is 0.285. The van der Waals surface area contributed by atoms with Crippen LogP contribution in [0.2, 0.25) is 0 Å². The second-order valence-corrected chi connectivity index (χ2v) is 3.94. The van der Waals surface area contributed by atoms with Crippen molar-refractivity contribution in [1.82, 2.24) is 4.90 Å².